The SMILES string of the molecule is CCCN(C)CC1CC2OC(CC)CC2O1. The fourth-order valence-corrected chi connectivity index (χ4v) is 2.91. The predicted molar refractivity (Wildman–Crippen MR) is 64.6 cm³/mol. The molecule has 4 atom stereocenters. The van der Waals surface area contributed by atoms with Crippen LogP contribution in [0.4, 0.5) is 0 Å². The van der Waals surface area contributed by atoms with Gasteiger partial charge in [-0.15, -0.1) is 0 Å². The summed E-state index contributed by atoms with van der Waals surface area (Å²) in [6.07, 6.45) is 6.13. The lowest BCUT2D eigenvalue weighted by Crippen LogP contribution is -2.30. The third kappa shape index (κ3) is 2.76. The van der Waals surface area contributed by atoms with Crippen molar-refractivity contribution < 1.29 is 9.47 Å². The highest BCUT2D eigenvalue weighted by molar-refractivity contribution is 4.91. The van der Waals surface area contributed by atoms with Crippen LogP contribution in [0.2, 0.25) is 0 Å². The molecule has 3 nitrogen and oxygen atoms in total. The van der Waals surface area contributed by atoms with Crippen LogP contribution in [0.5, 0.6) is 0 Å². The maximum atomic E-state index is 6.07. The molecule has 0 radical (unpaired) electrons. The summed E-state index contributed by atoms with van der Waals surface area (Å²) >= 11 is 0. The lowest BCUT2D eigenvalue weighted by Gasteiger charge is -2.21. The zero-order chi connectivity index (χ0) is 11.5. The Morgan fingerprint density at radius 2 is 1.69 bits per heavy atom. The van der Waals surface area contributed by atoms with E-state index in [-0.39, 0.29) is 0 Å². The van der Waals surface area contributed by atoms with Gasteiger partial charge >= 0.3 is 0 Å². The summed E-state index contributed by atoms with van der Waals surface area (Å²) in [5, 5.41) is 0. The van der Waals surface area contributed by atoms with Gasteiger partial charge in [0.25, 0.3) is 0 Å². The first kappa shape index (κ1) is 12.3. The molecule has 0 spiro atoms. The Kier molecular flexibility index (Phi) is 4.22. The van der Waals surface area contributed by atoms with Crippen molar-refractivity contribution in [1.29, 1.82) is 0 Å². The normalized spacial score (nSPS) is 38.2. The fourth-order valence-electron chi connectivity index (χ4n) is 2.91. The quantitative estimate of drug-likeness (QED) is 0.717. The highest BCUT2D eigenvalue weighted by atomic mass is 16.6. The topological polar surface area (TPSA) is 21.7 Å². The Morgan fingerprint density at radius 1 is 1.06 bits per heavy atom. The molecule has 0 saturated carbocycles. The van der Waals surface area contributed by atoms with Crippen molar-refractivity contribution in [1.82, 2.24) is 4.90 Å². The van der Waals surface area contributed by atoms with Crippen molar-refractivity contribution >= 4 is 0 Å². The average molecular weight is 227 g/mol. The van der Waals surface area contributed by atoms with Gasteiger partial charge in [-0.25, -0.2) is 0 Å². The van der Waals surface area contributed by atoms with E-state index in [4.69, 9.17) is 9.47 Å². The lowest BCUT2D eigenvalue weighted by molar-refractivity contribution is 0.0241. The molecule has 0 amide bonds. The maximum absolute atomic E-state index is 6.07. The van der Waals surface area contributed by atoms with Crippen LogP contribution in [0.15, 0.2) is 0 Å². The summed E-state index contributed by atoms with van der Waals surface area (Å²) < 4.78 is 12.0. The number of ether oxygens (including phenoxy) is 2. The van der Waals surface area contributed by atoms with E-state index < -0.39 is 0 Å². The van der Waals surface area contributed by atoms with Crippen molar-refractivity contribution in [3.05, 3.63) is 0 Å². The van der Waals surface area contributed by atoms with E-state index in [1.165, 1.54) is 6.42 Å². The molecule has 2 aliphatic rings. The largest absolute Gasteiger partial charge is 0.372 e. The first-order valence-electron chi connectivity index (χ1n) is 6.72. The molecule has 0 bridgehead atoms. The molecule has 2 heterocycles. The second-order valence-electron chi connectivity index (χ2n) is 5.23. The molecule has 0 aromatic carbocycles. The third-order valence-corrected chi connectivity index (χ3v) is 3.72. The van der Waals surface area contributed by atoms with Gasteiger partial charge in [-0.2, -0.15) is 0 Å². The van der Waals surface area contributed by atoms with Gasteiger partial charge in [-0.3, -0.25) is 0 Å². The monoisotopic (exact) mass is 227 g/mol. The molecule has 0 aromatic heterocycles. The molecular formula is C13H25NO2. The van der Waals surface area contributed by atoms with E-state index in [0.29, 0.717) is 24.4 Å². The highest BCUT2D eigenvalue weighted by Gasteiger charge is 2.43. The van der Waals surface area contributed by atoms with Gasteiger partial charge < -0.3 is 14.4 Å². The van der Waals surface area contributed by atoms with Crippen molar-refractivity contribution in [2.45, 2.75) is 63.9 Å². The Morgan fingerprint density at radius 3 is 2.31 bits per heavy atom. The summed E-state index contributed by atoms with van der Waals surface area (Å²) in [6, 6.07) is 0. The van der Waals surface area contributed by atoms with Crippen LogP contribution in [0.3, 0.4) is 0 Å². The minimum absolute atomic E-state index is 0.380. The summed E-state index contributed by atoms with van der Waals surface area (Å²) in [6.45, 7) is 6.63. The molecule has 0 N–H and O–H groups in total. The Labute approximate surface area is 99.1 Å². The average Bonchev–Trinajstić information content (AvgIpc) is 2.74. The van der Waals surface area contributed by atoms with Crippen molar-refractivity contribution in [3.8, 4) is 0 Å². The van der Waals surface area contributed by atoms with Crippen LogP contribution in [-0.2, 0) is 9.47 Å². The molecule has 16 heavy (non-hydrogen) atoms. The Bertz CT molecular complexity index is 208. The number of fused-ring (bicyclic) bond motifs is 1. The number of rotatable bonds is 5. The number of likely N-dealkylation sites (N-methyl/N-ethyl adjacent to an activating group) is 1. The molecule has 0 aromatic rings. The molecule has 3 heteroatoms. The summed E-state index contributed by atoms with van der Waals surface area (Å²) in [7, 11) is 2.18. The van der Waals surface area contributed by atoms with Crippen LogP contribution >= 0.6 is 0 Å². The van der Waals surface area contributed by atoms with Gasteiger partial charge in [-0.1, -0.05) is 13.8 Å². The van der Waals surface area contributed by atoms with E-state index in [1.807, 2.05) is 0 Å². The van der Waals surface area contributed by atoms with Gasteiger partial charge in [0.1, 0.15) is 0 Å². The molecule has 0 aliphatic carbocycles. The van der Waals surface area contributed by atoms with E-state index in [1.54, 1.807) is 0 Å². The van der Waals surface area contributed by atoms with E-state index in [2.05, 4.69) is 25.8 Å². The Hall–Kier alpha value is -0.120. The first-order chi connectivity index (χ1) is 7.72. The maximum Gasteiger partial charge on any atom is 0.0866 e. The summed E-state index contributed by atoms with van der Waals surface area (Å²) in [5.74, 6) is 0. The fraction of sp³-hybridized carbons (Fsp3) is 1.00. The van der Waals surface area contributed by atoms with E-state index in [9.17, 15) is 0 Å². The summed E-state index contributed by atoms with van der Waals surface area (Å²) in [4.78, 5) is 2.36. The second kappa shape index (κ2) is 5.48. The summed E-state index contributed by atoms with van der Waals surface area (Å²) in [5.41, 5.74) is 0. The van der Waals surface area contributed by atoms with Crippen LogP contribution < -0.4 is 0 Å². The predicted octanol–water partition coefficient (Wildman–Crippen LogP) is 2.05. The number of nitrogens with zero attached hydrogens (tertiary/aromatic N) is 1. The van der Waals surface area contributed by atoms with Crippen molar-refractivity contribution in [2.24, 2.45) is 0 Å². The zero-order valence-corrected chi connectivity index (χ0v) is 10.8. The molecule has 2 saturated heterocycles. The second-order valence-corrected chi connectivity index (χ2v) is 5.23. The molecular weight excluding hydrogens is 202 g/mol. The minimum Gasteiger partial charge on any atom is -0.372 e. The molecule has 4 unspecified atom stereocenters. The standard InChI is InChI=1S/C13H25NO2/c1-4-6-14(3)9-11-8-13-12(16-11)7-10(5-2)15-13/h10-13H,4-9H2,1-3H3. The molecule has 2 aliphatic heterocycles. The van der Waals surface area contributed by atoms with Gasteiger partial charge in [0.15, 0.2) is 0 Å². The van der Waals surface area contributed by atoms with E-state index in [0.717, 1.165) is 32.4 Å². The zero-order valence-electron chi connectivity index (χ0n) is 10.8. The van der Waals surface area contributed by atoms with Gasteiger partial charge in [-0.05, 0) is 26.4 Å². The van der Waals surface area contributed by atoms with Crippen LogP contribution in [0.1, 0.15) is 39.5 Å². The first-order valence-corrected chi connectivity index (χ1v) is 6.72. The minimum atomic E-state index is 0.380. The molecule has 2 rings (SSSR count). The molecule has 2 fully saturated rings. The number of hydrogen-bond donors (Lipinski definition) is 0. The van der Waals surface area contributed by atoms with Crippen molar-refractivity contribution in [2.75, 3.05) is 20.1 Å². The van der Waals surface area contributed by atoms with Gasteiger partial charge in [0, 0.05) is 19.4 Å². The third-order valence-electron chi connectivity index (χ3n) is 3.72. The number of hydrogen-bond acceptors (Lipinski definition) is 3. The smallest absolute Gasteiger partial charge is 0.0866 e. The van der Waals surface area contributed by atoms with E-state index >= 15 is 0 Å². The van der Waals surface area contributed by atoms with Gasteiger partial charge in [0.2, 0.25) is 0 Å². The van der Waals surface area contributed by atoms with Crippen LogP contribution in [-0.4, -0.2) is 49.5 Å². The molecule has 94 valence electrons. The highest BCUT2D eigenvalue weighted by Crippen LogP contribution is 2.35. The van der Waals surface area contributed by atoms with Crippen LogP contribution in [0.25, 0.3) is 0 Å². The van der Waals surface area contributed by atoms with Gasteiger partial charge in [0.05, 0.1) is 24.4 Å². The van der Waals surface area contributed by atoms with Crippen LogP contribution in [0, 0.1) is 0 Å². The lowest BCUT2D eigenvalue weighted by atomic mass is 10.1. The Balaban J connectivity index is 1.74. The van der Waals surface area contributed by atoms with Crippen molar-refractivity contribution in [3.63, 3.8) is 0 Å².